The summed E-state index contributed by atoms with van der Waals surface area (Å²) in [5.41, 5.74) is 0.0590. The van der Waals surface area contributed by atoms with Crippen LogP contribution in [-0.2, 0) is 9.47 Å². The molecule has 2 nitrogen and oxygen atoms in total. The molecule has 2 heteroatoms. The van der Waals surface area contributed by atoms with Crippen molar-refractivity contribution in [2.24, 2.45) is 0 Å². The summed E-state index contributed by atoms with van der Waals surface area (Å²) in [4.78, 5) is 0. The number of ether oxygens (including phenoxy) is 2. The molecule has 1 saturated heterocycles. The first-order chi connectivity index (χ1) is 5.58. The molecule has 0 aromatic heterocycles. The smallest absolute Gasteiger partial charge is 0.164 e. The van der Waals surface area contributed by atoms with Crippen LogP contribution in [0.1, 0.15) is 46.5 Å². The lowest BCUT2D eigenvalue weighted by Crippen LogP contribution is -2.34. The van der Waals surface area contributed by atoms with Gasteiger partial charge in [0.05, 0.1) is 11.7 Å². The third-order valence-electron chi connectivity index (χ3n) is 3.13. The maximum absolute atomic E-state index is 5.99. The van der Waals surface area contributed by atoms with Crippen molar-refractivity contribution < 1.29 is 9.47 Å². The summed E-state index contributed by atoms with van der Waals surface area (Å²) in [5, 5.41) is 0. The summed E-state index contributed by atoms with van der Waals surface area (Å²) >= 11 is 0. The van der Waals surface area contributed by atoms with Crippen LogP contribution in [0, 0.1) is 0 Å². The van der Waals surface area contributed by atoms with E-state index >= 15 is 0 Å². The predicted molar refractivity (Wildman–Crippen MR) is 46.9 cm³/mol. The van der Waals surface area contributed by atoms with E-state index in [1.165, 1.54) is 19.3 Å². The molecule has 2 unspecified atom stereocenters. The summed E-state index contributed by atoms with van der Waals surface area (Å²) < 4.78 is 11.8. The van der Waals surface area contributed by atoms with E-state index in [-0.39, 0.29) is 11.4 Å². The van der Waals surface area contributed by atoms with Crippen molar-refractivity contribution in [1.29, 1.82) is 0 Å². The van der Waals surface area contributed by atoms with E-state index in [0.29, 0.717) is 6.10 Å². The molecular weight excluding hydrogens is 152 g/mol. The molecule has 0 aromatic carbocycles. The second kappa shape index (κ2) is 2.46. The second-order valence-corrected chi connectivity index (χ2v) is 4.42. The summed E-state index contributed by atoms with van der Waals surface area (Å²) in [7, 11) is 0. The third-order valence-corrected chi connectivity index (χ3v) is 3.13. The maximum atomic E-state index is 5.99. The van der Waals surface area contributed by atoms with Crippen LogP contribution in [-0.4, -0.2) is 17.5 Å². The molecule has 1 aliphatic carbocycles. The number of rotatable bonds is 1. The van der Waals surface area contributed by atoms with Crippen LogP contribution in [0.4, 0.5) is 0 Å². The average Bonchev–Trinajstić information content (AvgIpc) is 2.40. The van der Waals surface area contributed by atoms with Gasteiger partial charge >= 0.3 is 0 Å². The summed E-state index contributed by atoms with van der Waals surface area (Å²) in [6.45, 7) is 6.23. The number of hydrogen-bond donors (Lipinski definition) is 0. The highest BCUT2D eigenvalue weighted by molar-refractivity contribution is 4.99. The fourth-order valence-corrected chi connectivity index (χ4v) is 2.63. The van der Waals surface area contributed by atoms with Gasteiger partial charge in [-0.1, -0.05) is 6.92 Å². The van der Waals surface area contributed by atoms with Crippen molar-refractivity contribution >= 4 is 0 Å². The van der Waals surface area contributed by atoms with Gasteiger partial charge in [-0.05, 0) is 39.5 Å². The van der Waals surface area contributed by atoms with Gasteiger partial charge in [-0.2, -0.15) is 0 Å². The van der Waals surface area contributed by atoms with Gasteiger partial charge in [-0.25, -0.2) is 0 Å². The first-order valence-corrected chi connectivity index (χ1v) is 4.96. The topological polar surface area (TPSA) is 18.5 Å². The van der Waals surface area contributed by atoms with Crippen LogP contribution in [0.5, 0.6) is 0 Å². The molecule has 12 heavy (non-hydrogen) atoms. The Labute approximate surface area is 74.2 Å². The molecule has 0 N–H and O–H groups in total. The van der Waals surface area contributed by atoms with Gasteiger partial charge in [-0.15, -0.1) is 0 Å². The largest absolute Gasteiger partial charge is 0.344 e. The lowest BCUT2D eigenvalue weighted by molar-refractivity contribution is -0.168. The first kappa shape index (κ1) is 8.52. The highest BCUT2D eigenvalue weighted by Crippen LogP contribution is 2.47. The van der Waals surface area contributed by atoms with E-state index in [0.717, 1.165) is 6.42 Å². The minimum Gasteiger partial charge on any atom is -0.344 e. The van der Waals surface area contributed by atoms with Crippen LogP contribution in [0.15, 0.2) is 0 Å². The monoisotopic (exact) mass is 170 g/mol. The van der Waals surface area contributed by atoms with E-state index in [1.807, 2.05) is 13.8 Å². The average molecular weight is 170 g/mol. The molecule has 0 radical (unpaired) electrons. The van der Waals surface area contributed by atoms with Crippen LogP contribution < -0.4 is 0 Å². The molecule has 2 aliphatic rings. The van der Waals surface area contributed by atoms with Gasteiger partial charge < -0.3 is 9.47 Å². The van der Waals surface area contributed by atoms with Crippen LogP contribution in [0.3, 0.4) is 0 Å². The third kappa shape index (κ3) is 1.09. The van der Waals surface area contributed by atoms with Crippen molar-refractivity contribution in [3.8, 4) is 0 Å². The van der Waals surface area contributed by atoms with Gasteiger partial charge in [-0.3, -0.25) is 0 Å². The molecule has 2 fully saturated rings. The van der Waals surface area contributed by atoms with Gasteiger partial charge in [0.25, 0.3) is 0 Å². The standard InChI is InChI=1S/C10H18O2/c1-4-10-7-5-6-8(10)11-9(2,3)12-10/h8H,4-7H2,1-3H3. The molecule has 1 heterocycles. The Kier molecular flexibility index (Phi) is 1.74. The van der Waals surface area contributed by atoms with Crippen LogP contribution >= 0.6 is 0 Å². The van der Waals surface area contributed by atoms with E-state index in [4.69, 9.17) is 9.47 Å². The van der Waals surface area contributed by atoms with Crippen molar-refractivity contribution in [1.82, 2.24) is 0 Å². The predicted octanol–water partition coefficient (Wildman–Crippen LogP) is 2.47. The molecule has 0 spiro atoms. The lowest BCUT2D eigenvalue weighted by atomic mass is 9.97. The Hall–Kier alpha value is -0.0800. The molecule has 1 aliphatic heterocycles. The van der Waals surface area contributed by atoms with Gasteiger partial charge in [0, 0.05) is 0 Å². The highest BCUT2D eigenvalue weighted by Gasteiger charge is 2.54. The fourth-order valence-electron chi connectivity index (χ4n) is 2.63. The van der Waals surface area contributed by atoms with Gasteiger partial charge in [0.2, 0.25) is 0 Å². The van der Waals surface area contributed by atoms with E-state index in [1.54, 1.807) is 0 Å². The van der Waals surface area contributed by atoms with Crippen LogP contribution in [0.25, 0.3) is 0 Å². The summed E-state index contributed by atoms with van der Waals surface area (Å²) in [6.07, 6.45) is 5.06. The van der Waals surface area contributed by atoms with Gasteiger partial charge in [0.15, 0.2) is 5.79 Å². The highest BCUT2D eigenvalue weighted by atomic mass is 16.8. The minimum atomic E-state index is -0.346. The molecule has 70 valence electrons. The molecule has 0 aromatic rings. The Balaban J connectivity index is 2.20. The number of fused-ring (bicyclic) bond motifs is 1. The molecule has 2 rings (SSSR count). The summed E-state index contributed by atoms with van der Waals surface area (Å²) in [5.74, 6) is -0.346. The van der Waals surface area contributed by atoms with Crippen molar-refractivity contribution in [3.63, 3.8) is 0 Å². The van der Waals surface area contributed by atoms with E-state index in [9.17, 15) is 0 Å². The Bertz CT molecular complexity index is 188. The normalized spacial score (nSPS) is 44.8. The molecule has 0 bridgehead atoms. The molecular formula is C10H18O2. The first-order valence-electron chi connectivity index (χ1n) is 4.96. The Morgan fingerprint density at radius 2 is 2.17 bits per heavy atom. The SMILES string of the molecule is CCC12CCCC1OC(C)(C)O2. The van der Waals surface area contributed by atoms with E-state index in [2.05, 4.69) is 6.92 Å². The molecule has 2 atom stereocenters. The quantitative estimate of drug-likeness (QED) is 0.602. The summed E-state index contributed by atoms with van der Waals surface area (Å²) in [6, 6.07) is 0. The lowest BCUT2D eigenvalue weighted by Gasteiger charge is -2.26. The van der Waals surface area contributed by atoms with E-state index < -0.39 is 0 Å². The zero-order chi connectivity index (χ0) is 8.82. The Morgan fingerprint density at radius 3 is 2.75 bits per heavy atom. The maximum Gasteiger partial charge on any atom is 0.164 e. The second-order valence-electron chi connectivity index (χ2n) is 4.42. The van der Waals surface area contributed by atoms with Gasteiger partial charge in [0.1, 0.15) is 0 Å². The van der Waals surface area contributed by atoms with Crippen molar-refractivity contribution in [2.45, 2.75) is 63.9 Å². The fraction of sp³-hybridized carbons (Fsp3) is 1.00. The van der Waals surface area contributed by atoms with Crippen molar-refractivity contribution in [2.75, 3.05) is 0 Å². The van der Waals surface area contributed by atoms with Crippen molar-refractivity contribution in [3.05, 3.63) is 0 Å². The molecule has 1 saturated carbocycles. The zero-order valence-electron chi connectivity index (χ0n) is 8.22. The zero-order valence-corrected chi connectivity index (χ0v) is 8.22. The van der Waals surface area contributed by atoms with Crippen LogP contribution in [0.2, 0.25) is 0 Å². The Morgan fingerprint density at radius 1 is 1.42 bits per heavy atom. The minimum absolute atomic E-state index is 0.0590. The molecule has 0 amide bonds. The number of hydrogen-bond acceptors (Lipinski definition) is 2.